The lowest BCUT2D eigenvalue weighted by atomic mass is 10.1. The van der Waals surface area contributed by atoms with Crippen LogP contribution in [-0.2, 0) is 6.42 Å². The number of para-hydroxylation sites is 2. The first-order valence-electron chi connectivity index (χ1n) is 10.0. The number of benzene rings is 2. The summed E-state index contributed by atoms with van der Waals surface area (Å²) >= 11 is 0. The Kier molecular flexibility index (Phi) is 5.02. The molecule has 2 aliphatic rings. The highest BCUT2D eigenvalue weighted by atomic mass is 16.5. The molecule has 9 heteroatoms. The van der Waals surface area contributed by atoms with Crippen molar-refractivity contribution in [2.45, 2.75) is 6.42 Å². The second kappa shape index (κ2) is 8.11. The van der Waals surface area contributed by atoms with Gasteiger partial charge in [0.05, 0.1) is 12.7 Å². The normalized spacial score (nSPS) is 16.2. The lowest BCUT2D eigenvalue weighted by molar-refractivity contribution is 0.183. The fourth-order valence-corrected chi connectivity index (χ4v) is 3.80. The summed E-state index contributed by atoms with van der Waals surface area (Å²) in [7, 11) is 1.67. The number of aromatic nitrogens is 4. The summed E-state index contributed by atoms with van der Waals surface area (Å²) in [5.74, 6) is 4.01. The summed E-state index contributed by atoms with van der Waals surface area (Å²) in [6.45, 7) is 4.56. The first-order chi connectivity index (χ1) is 14.8. The second-order valence-corrected chi connectivity index (χ2v) is 7.27. The van der Waals surface area contributed by atoms with Gasteiger partial charge in [-0.25, -0.2) is 4.99 Å². The zero-order valence-electron chi connectivity index (χ0n) is 16.8. The van der Waals surface area contributed by atoms with E-state index in [4.69, 9.17) is 14.5 Å². The van der Waals surface area contributed by atoms with Crippen LogP contribution in [0.1, 0.15) is 11.4 Å². The number of rotatable bonds is 4. The summed E-state index contributed by atoms with van der Waals surface area (Å²) in [6, 6.07) is 13.8. The average molecular weight is 405 g/mol. The molecule has 154 valence electrons. The van der Waals surface area contributed by atoms with E-state index in [0.717, 1.165) is 79.3 Å². The van der Waals surface area contributed by atoms with E-state index in [9.17, 15) is 0 Å². The second-order valence-electron chi connectivity index (χ2n) is 7.27. The maximum atomic E-state index is 6.19. The van der Waals surface area contributed by atoms with Crippen LogP contribution < -0.4 is 9.47 Å². The molecule has 1 aromatic heterocycles. The first-order valence-corrected chi connectivity index (χ1v) is 10.0. The minimum atomic E-state index is 0.750. The molecule has 3 aromatic rings. The van der Waals surface area contributed by atoms with Gasteiger partial charge in [-0.3, -0.25) is 4.90 Å². The molecule has 0 amide bonds. The van der Waals surface area contributed by atoms with Crippen LogP contribution in [0.2, 0.25) is 0 Å². The van der Waals surface area contributed by atoms with Gasteiger partial charge in [-0.2, -0.15) is 5.21 Å². The monoisotopic (exact) mass is 405 g/mol. The molecule has 2 aliphatic heterocycles. The third-order valence-corrected chi connectivity index (χ3v) is 5.45. The molecule has 0 saturated carbocycles. The molecule has 1 fully saturated rings. The van der Waals surface area contributed by atoms with E-state index in [2.05, 4.69) is 30.4 Å². The van der Waals surface area contributed by atoms with Crippen molar-refractivity contribution < 1.29 is 9.47 Å². The molecule has 5 rings (SSSR count). The molecular formula is C21H23N7O2. The van der Waals surface area contributed by atoms with Gasteiger partial charge in [0.1, 0.15) is 23.0 Å². The third-order valence-electron chi connectivity index (χ3n) is 5.45. The van der Waals surface area contributed by atoms with Gasteiger partial charge in [0.15, 0.2) is 11.6 Å². The topological polar surface area (TPSA) is 91.8 Å². The molecule has 9 nitrogen and oxygen atoms in total. The number of ether oxygens (including phenoxy) is 2. The predicted molar refractivity (Wildman–Crippen MR) is 112 cm³/mol. The van der Waals surface area contributed by atoms with Gasteiger partial charge in [0, 0.05) is 39.1 Å². The molecule has 0 radical (unpaired) electrons. The molecular weight excluding hydrogens is 382 g/mol. The lowest BCUT2D eigenvalue weighted by Gasteiger charge is -2.36. The lowest BCUT2D eigenvalue weighted by Crippen LogP contribution is -2.49. The summed E-state index contributed by atoms with van der Waals surface area (Å²) in [6.07, 6.45) is 0.790. The number of aromatic amines is 1. The van der Waals surface area contributed by atoms with Gasteiger partial charge in [0.25, 0.3) is 0 Å². The van der Waals surface area contributed by atoms with Crippen molar-refractivity contribution in [3.05, 3.63) is 53.9 Å². The zero-order chi connectivity index (χ0) is 20.3. The van der Waals surface area contributed by atoms with E-state index in [-0.39, 0.29) is 0 Å². The Morgan fingerprint density at radius 1 is 1.07 bits per heavy atom. The number of amidine groups is 1. The van der Waals surface area contributed by atoms with Gasteiger partial charge in [-0.1, -0.05) is 17.3 Å². The maximum Gasteiger partial charge on any atom is 0.175 e. The van der Waals surface area contributed by atoms with E-state index in [1.54, 1.807) is 7.11 Å². The number of aliphatic imine (C=N–C) groups is 1. The van der Waals surface area contributed by atoms with Crippen LogP contribution in [-0.4, -0.2) is 76.1 Å². The van der Waals surface area contributed by atoms with Crippen molar-refractivity contribution >= 4 is 11.5 Å². The third kappa shape index (κ3) is 3.71. The molecule has 3 heterocycles. The van der Waals surface area contributed by atoms with E-state index in [0.29, 0.717) is 0 Å². The van der Waals surface area contributed by atoms with E-state index < -0.39 is 0 Å². The highest BCUT2D eigenvalue weighted by molar-refractivity contribution is 6.04. The predicted octanol–water partition coefficient (Wildman–Crippen LogP) is 2.25. The molecule has 30 heavy (non-hydrogen) atoms. The SMILES string of the molecule is COc1ccc2c(c1)C(N1CCN(CCc3nn[nH]n3)CC1)=Nc1ccccc1O2. The fraction of sp³-hybridized carbons (Fsp3) is 0.333. The van der Waals surface area contributed by atoms with Crippen molar-refractivity contribution in [2.24, 2.45) is 4.99 Å². The summed E-state index contributed by atoms with van der Waals surface area (Å²) in [5.41, 5.74) is 1.79. The number of nitrogens with one attached hydrogen (secondary N) is 1. The highest BCUT2D eigenvalue weighted by Crippen LogP contribution is 2.39. The van der Waals surface area contributed by atoms with Gasteiger partial charge in [0.2, 0.25) is 0 Å². The molecule has 0 aliphatic carbocycles. The molecule has 0 spiro atoms. The maximum absolute atomic E-state index is 6.19. The minimum absolute atomic E-state index is 0.750. The van der Waals surface area contributed by atoms with Crippen LogP contribution >= 0.6 is 0 Å². The van der Waals surface area contributed by atoms with E-state index >= 15 is 0 Å². The van der Waals surface area contributed by atoms with Crippen LogP contribution in [0.3, 0.4) is 0 Å². The van der Waals surface area contributed by atoms with Crippen molar-refractivity contribution in [2.75, 3.05) is 39.8 Å². The number of methoxy groups -OCH3 is 1. The van der Waals surface area contributed by atoms with Crippen molar-refractivity contribution in [1.82, 2.24) is 30.4 Å². The quantitative estimate of drug-likeness (QED) is 0.712. The Balaban J connectivity index is 1.38. The fourth-order valence-electron chi connectivity index (χ4n) is 3.80. The van der Waals surface area contributed by atoms with Crippen LogP contribution in [0.15, 0.2) is 47.5 Å². The van der Waals surface area contributed by atoms with E-state index in [1.807, 2.05) is 42.5 Å². The first kappa shape index (κ1) is 18.6. The Bertz CT molecular complexity index is 1040. The number of tetrazole rings is 1. The van der Waals surface area contributed by atoms with Gasteiger partial charge >= 0.3 is 0 Å². The average Bonchev–Trinajstić information content (AvgIpc) is 3.26. The molecule has 0 atom stereocenters. The van der Waals surface area contributed by atoms with Crippen molar-refractivity contribution in [3.63, 3.8) is 0 Å². The Morgan fingerprint density at radius 2 is 1.93 bits per heavy atom. The standard InChI is InChI=1S/C21H23N7O2/c1-29-15-6-7-18-16(14-15)21(22-17-4-2-3-5-19(17)30-18)28-12-10-27(11-13-28)9-8-20-23-25-26-24-20/h2-7,14H,8-13H2,1H3,(H,23,24,25,26). The van der Waals surface area contributed by atoms with E-state index in [1.165, 1.54) is 0 Å². The molecule has 0 bridgehead atoms. The van der Waals surface area contributed by atoms with Gasteiger partial charge in [-0.15, -0.1) is 10.2 Å². The summed E-state index contributed by atoms with van der Waals surface area (Å²) in [5, 5.41) is 14.2. The zero-order valence-corrected chi connectivity index (χ0v) is 16.8. The number of hydrogen-bond donors (Lipinski definition) is 1. The van der Waals surface area contributed by atoms with Gasteiger partial charge < -0.3 is 14.4 Å². The number of H-pyrrole nitrogens is 1. The van der Waals surface area contributed by atoms with Crippen molar-refractivity contribution in [3.8, 4) is 17.2 Å². The summed E-state index contributed by atoms with van der Waals surface area (Å²) in [4.78, 5) is 9.75. The summed E-state index contributed by atoms with van der Waals surface area (Å²) < 4.78 is 11.7. The number of piperazine rings is 1. The smallest absolute Gasteiger partial charge is 0.175 e. The van der Waals surface area contributed by atoms with Crippen LogP contribution in [0.25, 0.3) is 0 Å². The molecule has 1 saturated heterocycles. The molecule has 1 N–H and O–H groups in total. The van der Waals surface area contributed by atoms with Gasteiger partial charge in [-0.05, 0) is 30.3 Å². The van der Waals surface area contributed by atoms with Crippen LogP contribution in [0.5, 0.6) is 17.2 Å². The number of nitrogens with zero attached hydrogens (tertiary/aromatic N) is 6. The number of fused-ring (bicyclic) bond motifs is 2. The molecule has 2 aromatic carbocycles. The van der Waals surface area contributed by atoms with Crippen molar-refractivity contribution in [1.29, 1.82) is 0 Å². The van der Waals surface area contributed by atoms with Crippen LogP contribution in [0.4, 0.5) is 5.69 Å². The minimum Gasteiger partial charge on any atom is -0.497 e. The van der Waals surface area contributed by atoms with Crippen LogP contribution in [0, 0.1) is 0 Å². The Morgan fingerprint density at radius 3 is 2.73 bits per heavy atom. The largest absolute Gasteiger partial charge is 0.497 e. The number of hydrogen-bond acceptors (Lipinski definition) is 8. The highest BCUT2D eigenvalue weighted by Gasteiger charge is 2.26. The molecule has 0 unspecified atom stereocenters. The Labute approximate surface area is 174 Å². The Hall–Kier alpha value is -3.46.